The average Bonchev–Trinajstić information content (AvgIpc) is 3.62. The number of hydrogen-bond acceptors (Lipinski definition) is 0. The molecule has 0 saturated carbocycles. The molecule has 0 atom stereocenters. The van der Waals surface area contributed by atoms with Crippen molar-refractivity contribution in [3.8, 4) is 22.3 Å². The Balaban J connectivity index is 0.000000347. The summed E-state index contributed by atoms with van der Waals surface area (Å²) in [7, 11) is 0. The van der Waals surface area contributed by atoms with E-state index < -0.39 is 0 Å². The first-order chi connectivity index (χ1) is 21.5. The average molecular weight is 742 g/mol. The van der Waals surface area contributed by atoms with Crippen molar-refractivity contribution in [1.29, 1.82) is 0 Å². The van der Waals surface area contributed by atoms with Crippen LogP contribution < -0.4 is 24.8 Å². The number of fused-ring (bicyclic) bond motifs is 2. The van der Waals surface area contributed by atoms with E-state index >= 15 is 0 Å². The molecule has 0 fully saturated rings. The van der Waals surface area contributed by atoms with Gasteiger partial charge in [0.1, 0.15) is 0 Å². The van der Waals surface area contributed by atoms with Crippen molar-refractivity contribution in [2.75, 3.05) is 0 Å². The van der Waals surface area contributed by atoms with Crippen LogP contribution in [0.5, 0.6) is 0 Å². The molecule has 6 rings (SSSR count). The van der Waals surface area contributed by atoms with Gasteiger partial charge in [-0.15, -0.1) is 69.1 Å². The van der Waals surface area contributed by atoms with Gasteiger partial charge in [-0.3, -0.25) is 0 Å². The molecular weight excluding hydrogens is 691 g/mol. The molecule has 0 aromatic heterocycles. The van der Waals surface area contributed by atoms with Crippen LogP contribution in [0.15, 0.2) is 121 Å². The van der Waals surface area contributed by atoms with Crippen molar-refractivity contribution < 1.29 is 51.0 Å². The molecule has 248 valence electrons. The van der Waals surface area contributed by atoms with Gasteiger partial charge in [0.25, 0.3) is 0 Å². The topological polar surface area (TPSA) is 0 Å². The maximum Gasteiger partial charge on any atom is 2.00 e. The van der Waals surface area contributed by atoms with E-state index in [4.69, 9.17) is 0 Å². The van der Waals surface area contributed by atoms with E-state index in [1.54, 1.807) is 5.92 Å². The summed E-state index contributed by atoms with van der Waals surface area (Å²) in [5.41, 5.74) is 7.89. The van der Waals surface area contributed by atoms with Crippen LogP contribution in [0.1, 0.15) is 83.3 Å². The number of benzene rings is 4. The first kappa shape index (κ1) is 42.6. The van der Waals surface area contributed by atoms with Gasteiger partial charge >= 0.3 is 26.2 Å². The van der Waals surface area contributed by atoms with Gasteiger partial charge in [-0.05, 0) is 11.1 Å². The van der Waals surface area contributed by atoms with Gasteiger partial charge in [-0.2, -0.15) is 32.4 Å². The van der Waals surface area contributed by atoms with E-state index in [0.717, 1.165) is 0 Å². The van der Waals surface area contributed by atoms with Gasteiger partial charge in [0.2, 0.25) is 0 Å². The van der Waals surface area contributed by atoms with Crippen molar-refractivity contribution in [2.24, 2.45) is 0 Å². The molecule has 6 aromatic carbocycles. The Kier molecular flexibility index (Phi) is 20.8. The number of rotatable bonds is 10. The van der Waals surface area contributed by atoms with Gasteiger partial charge in [0.05, 0.1) is 0 Å². The van der Waals surface area contributed by atoms with Gasteiger partial charge in [-0.1, -0.05) is 150 Å². The molecule has 0 aliphatic heterocycles. The van der Waals surface area contributed by atoms with E-state index in [9.17, 15) is 0 Å². The van der Waals surface area contributed by atoms with Gasteiger partial charge < -0.3 is 30.7 Å². The maximum atomic E-state index is 2.27. The Morgan fingerprint density at radius 2 is 0.915 bits per heavy atom. The number of halogens is 2. The Hall–Kier alpha value is -2.44. The van der Waals surface area contributed by atoms with E-state index in [0.29, 0.717) is 0 Å². The molecule has 0 aliphatic carbocycles. The smallest absolute Gasteiger partial charge is 1.00 e. The zero-order valence-corrected chi connectivity index (χ0v) is 32.9. The van der Waals surface area contributed by atoms with Gasteiger partial charge in [-0.25, -0.2) is 0 Å². The standard InChI is InChI=1S/2C16H13.C12H25.2ClH.Zr/c2*1-12-10-14-8-5-9-15(16(14)11-12)13-6-3-2-4-7-13;1-4-5-6-7-8-9-10-11-12(2)3;;;/h2*2-11H,1H3;4-11H2,1-3H3;2*1H;/q3*-1;;;+2/p-2. The number of hydrogen-bond donors (Lipinski definition) is 0. The second-order valence-corrected chi connectivity index (χ2v) is 12.5. The molecule has 3 heteroatoms. The first-order valence-electron chi connectivity index (χ1n) is 16.7. The zero-order valence-electron chi connectivity index (χ0n) is 29.0. The van der Waals surface area contributed by atoms with Crippen LogP contribution in [0.2, 0.25) is 0 Å². The second-order valence-electron chi connectivity index (χ2n) is 12.5. The minimum absolute atomic E-state index is 0. The Morgan fingerprint density at radius 3 is 1.32 bits per heavy atom. The fourth-order valence-corrected chi connectivity index (χ4v) is 5.94. The molecule has 0 nitrogen and oxygen atoms in total. The largest absolute Gasteiger partial charge is 2.00 e. The van der Waals surface area contributed by atoms with Crippen LogP contribution in [-0.2, 0) is 26.2 Å². The molecule has 47 heavy (non-hydrogen) atoms. The van der Waals surface area contributed by atoms with Crippen LogP contribution in [0, 0.1) is 19.8 Å². The molecule has 0 saturated heterocycles. The quantitative estimate of drug-likeness (QED) is 0.0994. The molecule has 0 bridgehead atoms. The minimum Gasteiger partial charge on any atom is -1.00 e. The van der Waals surface area contributed by atoms with Crippen molar-refractivity contribution in [3.63, 3.8) is 0 Å². The monoisotopic (exact) mass is 739 g/mol. The molecule has 0 radical (unpaired) electrons. The molecule has 0 amide bonds. The van der Waals surface area contributed by atoms with Gasteiger partial charge in [0.15, 0.2) is 0 Å². The third-order valence-electron chi connectivity index (χ3n) is 8.24. The molecule has 0 spiro atoms. The maximum absolute atomic E-state index is 2.27. The molecule has 0 aliphatic rings. The molecule has 0 unspecified atom stereocenters. The van der Waals surface area contributed by atoms with Crippen molar-refractivity contribution in [1.82, 2.24) is 0 Å². The minimum atomic E-state index is 0. The second kappa shape index (κ2) is 23.0. The SMILES string of the molecule is CCCCCCCCC[C-](C)C.Cc1cc2c(-c3ccccc3)cccc2[cH-]1.Cc1cc2c(-c3ccccc3)cccc2[cH-]1.[Cl-].[Cl-].[Zr+2]. The Morgan fingerprint density at radius 1 is 0.511 bits per heavy atom. The zero-order chi connectivity index (χ0) is 31.1. The van der Waals surface area contributed by atoms with Crippen LogP contribution in [0.3, 0.4) is 0 Å². The van der Waals surface area contributed by atoms with Crippen molar-refractivity contribution in [3.05, 3.63) is 138 Å². The fraction of sp³-hybridized carbons (Fsp3) is 0.295. The first-order valence-corrected chi connectivity index (χ1v) is 16.7. The van der Waals surface area contributed by atoms with Crippen LogP contribution >= 0.6 is 0 Å². The predicted molar refractivity (Wildman–Crippen MR) is 197 cm³/mol. The normalized spacial score (nSPS) is 10.2. The van der Waals surface area contributed by atoms with Gasteiger partial charge in [0, 0.05) is 0 Å². The van der Waals surface area contributed by atoms with E-state index in [-0.39, 0.29) is 51.0 Å². The summed E-state index contributed by atoms with van der Waals surface area (Å²) in [6, 6.07) is 43.1. The summed E-state index contributed by atoms with van der Waals surface area (Å²) < 4.78 is 0. The van der Waals surface area contributed by atoms with E-state index in [2.05, 4.69) is 156 Å². The summed E-state index contributed by atoms with van der Waals surface area (Å²) in [6.07, 6.45) is 11.3. The number of aryl methyl sites for hydroxylation is 2. The van der Waals surface area contributed by atoms with Crippen LogP contribution in [0.4, 0.5) is 0 Å². The molecule has 6 aromatic rings. The molecule has 0 N–H and O–H groups in total. The summed E-state index contributed by atoms with van der Waals surface area (Å²) >= 11 is 0. The summed E-state index contributed by atoms with van der Waals surface area (Å²) in [4.78, 5) is 0. The fourth-order valence-electron chi connectivity index (χ4n) is 5.94. The van der Waals surface area contributed by atoms with E-state index in [1.165, 1.54) is 106 Å². The molecular formula is C44H51Cl2Zr-3. The van der Waals surface area contributed by atoms with Crippen LogP contribution in [0.25, 0.3) is 43.8 Å². The Bertz CT molecular complexity index is 1550. The van der Waals surface area contributed by atoms with Crippen molar-refractivity contribution in [2.45, 2.75) is 86.0 Å². The summed E-state index contributed by atoms with van der Waals surface area (Å²) in [6.45, 7) is 11.0. The Labute approximate surface area is 317 Å². The third kappa shape index (κ3) is 13.5. The molecule has 0 heterocycles. The summed E-state index contributed by atoms with van der Waals surface area (Å²) in [5.74, 6) is 1.59. The third-order valence-corrected chi connectivity index (χ3v) is 8.24. The predicted octanol–water partition coefficient (Wildman–Crippen LogP) is 7.82. The van der Waals surface area contributed by atoms with E-state index in [1.807, 2.05) is 0 Å². The number of unbranched alkanes of at least 4 members (excludes halogenated alkanes) is 6. The van der Waals surface area contributed by atoms with Crippen LogP contribution in [-0.4, -0.2) is 0 Å². The van der Waals surface area contributed by atoms with Crippen molar-refractivity contribution >= 4 is 21.5 Å². The summed E-state index contributed by atoms with van der Waals surface area (Å²) in [5, 5.41) is 5.37.